The fourth-order valence-electron chi connectivity index (χ4n) is 3.07. The van der Waals surface area contributed by atoms with Gasteiger partial charge in [-0.05, 0) is 44.8 Å². The van der Waals surface area contributed by atoms with Gasteiger partial charge >= 0.3 is 0 Å². The molecule has 1 heterocycles. The third-order valence-corrected chi connectivity index (χ3v) is 4.26. The van der Waals surface area contributed by atoms with Crippen LogP contribution in [0, 0.1) is 5.92 Å². The Morgan fingerprint density at radius 1 is 1.29 bits per heavy atom. The van der Waals surface area contributed by atoms with Gasteiger partial charge in [-0.15, -0.1) is 0 Å². The molecule has 3 rings (SSSR count). The third kappa shape index (κ3) is 3.47. The van der Waals surface area contributed by atoms with E-state index in [0.29, 0.717) is 0 Å². The molecule has 1 aliphatic rings. The van der Waals surface area contributed by atoms with Crippen LogP contribution in [0.4, 0.5) is 0 Å². The van der Waals surface area contributed by atoms with Crippen LogP contribution in [-0.4, -0.2) is 25.0 Å². The summed E-state index contributed by atoms with van der Waals surface area (Å²) in [5, 5.41) is 4.54. The molecule has 0 saturated heterocycles. The zero-order chi connectivity index (χ0) is 14.7. The lowest BCUT2D eigenvalue weighted by Gasteiger charge is -2.20. The summed E-state index contributed by atoms with van der Waals surface area (Å²) in [5.41, 5.74) is 2.34. The third-order valence-electron chi connectivity index (χ3n) is 4.26. The summed E-state index contributed by atoms with van der Waals surface area (Å²) in [7, 11) is 2.00. The molecule has 1 saturated carbocycles. The first-order valence-electron chi connectivity index (χ1n) is 8.18. The molecule has 1 aromatic heterocycles. The number of hydrogen-bond acceptors (Lipinski definition) is 3. The molecule has 1 aliphatic carbocycles. The van der Waals surface area contributed by atoms with Crippen LogP contribution in [-0.2, 0) is 13.1 Å². The molecule has 0 atom stereocenters. The molecule has 0 unspecified atom stereocenters. The smallest absolute Gasteiger partial charge is 0.134 e. The zero-order valence-electron chi connectivity index (χ0n) is 13.2. The molecule has 0 radical (unpaired) electrons. The molecule has 3 heteroatoms. The van der Waals surface area contributed by atoms with Crippen LogP contribution in [0.25, 0.3) is 11.0 Å². The molecular formula is C18H26N2O. The largest absolute Gasteiger partial charge is 0.459 e. The number of nitrogens with one attached hydrogen (secondary N) is 1. The van der Waals surface area contributed by atoms with E-state index in [4.69, 9.17) is 4.42 Å². The second kappa shape index (κ2) is 6.63. The molecule has 3 nitrogen and oxygen atoms in total. The highest BCUT2D eigenvalue weighted by Crippen LogP contribution is 2.32. The highest BCUT2D eigenvalue weighted by Gasteiger charge is 2.25. The highest BCUT2D eigenvalue weighted by molar-refractivity contribution is 5.82. The van der Waals surface area contributed by atoms with Crippen molar-refractivity contribution in [3.8, 4) is 0 Å². The standard InChI is InChI=1S/C18H26N2O/c1-3-10-20(12-14-8-9-14)13-18-16(11-19-2)15-6-4-5-7-17(15)21-18/h4-7,14,19H,3,8-13H2,1-2H3. The summed E-state index contributed by atoms with van der Waals surface area (Å²) >= 11 is 0. The fourth-order valence-corrected chi connectivity index (χ4v) is 3.07. The Morgan fingerprint density at radius 3 is 2.81 bits per heavy atom. The van der Waals surface area contributed by atoms with Gasteiger partial charge in [0.25, 0.3) is 0 Å². The molecule has 0 aliphatic heterocycles. The normalized spacial score (nSPS) is 15.2. The molecule has 1 aromatic carbocycles. The lowest BCUT2D eigenvalue weighted by Crippen LogP contribution is -2.27. The number of hydrogen-bond donors (Lipinski definition) is 1. The van der Waals surface area contributed by atoms with Gasteiger partial charge in [0.1, 0.15) is 11.3 Å². The maximum Gasteiger partial charge on any atom is 0.134 e. The van der Waals surface area contributed by atoms with E-state index >= 15 is 0 Å². The van der Waals surface area contributed by atoms with E-state index in [1.807, 2.05) is 13.1 Å². The van der Waals surface area contributed by atoms with Gasteiger partial charge in [0, 0.05) is 24.0 Å². The van der Waals surface area contributed by atoms with Crippen molar-refractivity contribution in [2.75, 3.05) is 20.1 Å². The maximum absolute atomic E-state index is 6.15. The Hall–Kier alpha value is -1.32. The van der Waals surface area contributed by atoms with Crippen LogP contribution < -0.4 is 5.32 Å². The van der Waals surface area contributed by atoms with Crippen LogP contribution in [0.15, 0.2) is 28.7 Å². The molecule has 21 heavy (non-hydrogen) atoms. The monoisotopic (exact) mass is 286 g/mol. The molecule has 2 aromatic rings. The van der Waals surface area contributed by atoms with Crippen LogP contribution in [0.5, 0.6) is 0 Å². The van der Waals surface area contributed by atoms with Crippen molar-refractivity contribution < 1.29 is 4.42 Å². The Balaban J connectivity index is 1.84. The average molecular weight is 286 g/mol. The predicted molar refractivity (Wildman–Crippen MR) is 87.3 cm³/mol. The minimum atomic E-state index is 0.871. The second-order valence-electron chi connectivity index (χ2n) is 6.21. The SMILES string of the molecule is CCCN(Cc1oc2ccccc2c1CNC)CC1CC1. The Labute approximate surface area is 127 Å². The Kier molecular flexibility index (Phi) is 4.61. The second-order valence-corrected chi connectivity index (χ2v) is 6.21. The van der Waals surface area contributed by atoms with Gasteiger partial charge in [0.15, 0.2) is 0 Å². The van der Waals surface area contributed by atoms with Crippen LogP contribution in [0.1, 0.15) is 37.5 Å². The number of benzene rings is 1. The molecule has 1 N–H and O–H groups in total. The summed E-state index contributed by atoms with van der Waals surface area (Å²) in [4.78, 5) is 2.56. The number of para-hydroxylation sites is 1. The summed E-state index contributed by atoms with van der Waals surface area (Å²) in [6, 6.07) is 8.38. The van der Waals surface area contributed by atoms with Gasteiger partial charge in [-0.3, -0.25) is 4.90 Å². The molecule has 1 fully saturated rings. The highest BCUT2D eigenvalue weighted by atomic mass is 16.3. The van der Waals surface area contributed by atoms with Gasteiger partial charge in [-0.25, -0.2) is 0 Å². The summed E-state index contributed by atoms with van der Waals surface area (Å²) in [6.07, 6.45) is 4.02. The van der Waals surface area contributed by atoms with Crippen molar-refractivity contribution in [1.29, 1.82) is 0 Å². The van der Waals surface area contributed by atoms with E-state index in [-0.39, 0.29) is 0 Å². The van der Waals surface area contributed by atoms with E-state index < -0.39 is 0 Å². The number of rotatable bonds is 8. The molecule has 114 valence electrons. The van der Waals surface area contributed by atoms with Crippen LogP contribution in [0.3, 0.4) is 0 Å². The minimum absolute atomic E-state index is 0.871. The first kappa shape index (κ1) is 14.6. The molecule has 0 bridgehead atoms. The molecule has 0 amide bonds. The first-order valence-corrected chi connectivity index (χ1v) is 8.18. The quantitative estimate of drug-likeness (QED) is 0.800. The van der Waals surface area contributed by atoms with Crippen molar-refractivity contribution in [2.45, 2.75) is 39.3 Å². The Morgan fingerprint density at radius 2 is 2.10 bits per heavy atom. The maximum atomic E-state index is 6.15. The Bertz CT molecular complexity index is 586. The van der Waals surface area contributed by atoms with Crippen molar-refractivity contribution in [1.82, 2.24) is 10.2 Å². The predicted octanol–water partition coefficient (Wildman–Crippen LogP) is 3.77. The van der Waals surface area contributed by atoms with Crippen molar-refractivity contribution in [2.24, 2.45) is 5.92 Å². The van der Waals surface area contributed by atoms with Gasteiger partial charge < -0.3 is 9.73 Å². The van der Waals surface area contributed by atoms with Crippen molar-refractivity contribution in [3.63, 3.8) is 0 Å². The summed E-state index contributed by atoms with van der Waals surface area (Å²) in [5.74, 6) is 2.06. The lowest BCUT2D eigenvalue weighted by atomic mass is 10.1. The fraction of sp³-hybridized carbons (Fsp3) is 0.556. The molecular weight excluding hydrogens is 260 g/mol. The van der Waals surface area contributed by atoms with Crippen LogP contribution >= 0.6 is 0 Å². The summed E-state index contributed by atoms with van der Waals surface area (Å²) < 4.78 is 6.15. The van der Waals surface area contributed by atoms with Gasteiger partial charge in [0.05, 0.1) is 6.54 Å². The summed E-state index contributed by atoms with van der Waals surface area (Å²) in [6.45, 7) is 6.45. The number of nitrogens with zero attached hydrogens (tertiary/aromatic N) is 1. The van der Waals surface area contributed by atoms with Gasteiger partial charge in [-0.2, -0.15) is 0 Å². The van der Waals surface area contributed by atoms with Gasteiger partial charge in [-0.1, -0.05) is 25.1 Å². The molecule has 0 spiro atoms. The van der Waals surface area contributed by atoms with E-state index in [9.17, 15) is 0 Å². The van der Waals surface area contributed by atoms with Crippen LogP contribution in [0.2, 0.25) is 0 Å². The van der Waals surface area contributed by atoms with E-state index in [1.165, 1.54) is 36.8 Å². The minimum Gasteiger partial charge on any atom is -0.459 e. The van der Waals surface area contributed by atoms with Gasteiger partial charge in [0.2, 0.25) is 0 Å². The first-order chi connectivity index (χ1) is 10.3. The van der Waals surface area contributed by atoms with Crippen molar-refractivity contribution >= 4 is 11.0 Å². The number of furan rings is 1. The number of fused-ring (bicyclic) bond motifs is 1. The van der Waals surface area contributed by atoms with Crippen molar-refractivity contribution in [3.05, 3.63) is 35.6 Å². The van der Waals surface area contributed by atoms with E-state index in [0.717, 1.165) is 36.9 Å². The average Bonchev–Trinajstić information content (AvgIpc) is 3.23. The zero-order valence-corrected chi connectivity index (χ0v) is 13.2. The van der Waals surface area contributed by atoms with E-state index in [2.05, 4.69) is 35.3 Å². The van der Waals surface area contributed by atoms with E-state index in [1.54, 1.807) is 0 Å². The lowest BCUT2D eigenvalue weighted by molar-refractivity contribution is 0.236. The topological polar surface area (TPSA) is 28.4 Å².